The summed E-state index contributed by atoms with van der Waals surface area (Å²) < 4.78 is 5.49. The number of esters is 1. The molecule has 0 radical (unpaired) electrons. The highest BCUT2D eigenvalue weighted by Crippen LogP contribution is 2.19. The molecule has 0 rings (SSSR count). The zero-order chi connectivity index (χ0) is 55.7. The van der Waals surface area contributed by atoms with Gasteiger partial charge in [-0.05, 0) is 77.0 Å². The molecule has 0 bridgehead atoms. The fourth-order valence-electron chi connectivity index (χ4n) is 11.1. The van der Waals surface area contributed by atoms with Gasteiger partial charge in [-0.1, -0.05) is 327 Å². The number of unbranched alkanes of at least 4 members (excludes halogenated alkanes) is 51. The Morgan fingerprint density at radius 2 is 0.610 bits per heavy atom. The molecule has 0 spiro atoms. The second-order valence-electron chi connectivity index (χ2n) is 24.2. The standard InChI is InChI=1S/C71H137NO5/c1-3-5-7-9-11-13-15-17-19-20-21-22-26-29-32-36-39-43-47-51-55-59-63-69(74)68(67-73)72-70(75)64-60-56-52-48-44-40-37-33-30-27-24-23-25-28-31-34-38-42-46-50-54-58-62-66-77-71(76)65-61-57-53-49-45-41-35-18-16-14-12-10-8-6-4-2/h18,27,30,35,68-69,73-74H,3-17,19-26,28-29,31-34,36-67H2,1-2H3,(H,72,75)/b30-27-,35-18-. The number of aliphatic hydroxyl groups excluding tert-OH is 2. The van der Waals surface area contributed by atoms with E-state index in [1.807, 2.05) is 0 Å². The first-order valence-electron chi connectivity index (χ1n) is 35.1. The van der Waals surface area contributed by atoms with Crippen molar-refractivity contribution in [1.82, 2.24) is 5.32 Å². The zero-order valence-electron chi connectivity index (χ0n) is 52.2. The maximum atomic E-state index is 12.5. The molecule has 456 valence electrons. The molecule has 2 unspecified atom stereocenters. The van der Waals surface area contributed by atoms with Gasteiger partial charge in [0.1, 0.15) is 0 Å². The summed E-state index contributed by atoms with van der Waals surface area (Å²) in [6, 6.07) is -0.547. The molecule has 0 aromatic carbocycles. The molecule has 6 heteroatoms. The molecule has 0 saturated heterocycles. The van der Waals surface area contributed by atoms with Gasteiger partial charge in [-0.15, -0.1) is 0 Å². The second kappa shape index (κ2) is 66.8. The van der Waals surface area contributed by atoms with Crippen LogP contribution in [0.25, 0.3) is 0 Å². The molecule has 1 amide bonds. The number of carbonyl (C=O) groups is 2. The van der Waals surface area contributed by atoms with Gasteiger partial charge in [-0.2, -0.15) is 0 Å². The molecule has 77 heavy (non-hydrogen) atoms. The summed E-state index contributed by atoms with van der Waals surface area (Å²) in [6.45, 7) is 4.98. The number of allylic oxidation sites excluding steroid dienone is 4. The highest BCUT2D eigenvalue weighted by molar-refractivity contribution is 5.76. The van der Waals surface area contributed by atoms with Crippen LogP contribution in [0, 0.1) is 0 Å². The minimum atomic E-state index is -0.669. The molecule has 0 aliphatic rings. The fraction of sp³-hybridized carbons (Fsp3) is 0.915. The van der Waals surface area contributed by atoms with Crippen molar-refractivity contribution in [3.8, 4) is 0 Å². The van der Waals surface area contributed by atoms with Gasteiger partial charge in [0.2, 0.25) is 5.91 Å². The van der Waals surface area contributed by atoms with Gasteiger partial charge >= 0.3 is 5.97 Å². The molecular formula is C71H137NO5. The third kappa shape index (κ3) is 63.4. The van der Waals surface area contributed by atoms with Crippen molar-refractivity contribution in [1.29, 1.82) is 0 Å². The minimum absolute atomic E-state index is 0.00447. The van der Waals surface area contributed by atoms with E-state index in [-0.39, 0.29) is 18.5 Å². The summed E-state index contributed by atoms with van der Waals surface area (Å²) in [4.78, 5) is 24.6. The van der Waals surface area contributed by atoms with E-state index >= 15 is 0 Å². The van der Waals surface area contributed by atoms with E-state index in [9.17, 15) is 19.8 Å². The first-order valence-corrected chi connectivity index (χ1v) is 35.1. The van der Waals surface area contributed by atoms with Crippen LogP contribution in [0.3, 0.4) is 0 Å². The molecule has 0 saturated carbocycles. The summed E-state index contributed by atoms with van der Waals surface area (Å²) in [5.74, 6) is -0.0326. The van der Waals surface area contributed by atoms with Crippen LogP contribution in [-0.4, -0.2) is 47.4 Å². The van der Waals surface area contributed by atoms with Crippen molar-refractivity contribution < 1.29 is 24.5 Å². The summed E-state index contributed by atoms with van der Waals surface area (Å²) in [5, 5.41) is 23.4. The van der Waals surface area contributed by atoms with Crippen molar-refractivity contribution in [2.75, 3.05) is 13.2 Å². The lowest BCUT2D eigenvalue weighted by Gasteiger charge is -2.22. The van der Waals surface area contributed by atoms with E-state index in [1.54, 1.807) is 0 Å². The van der Waals surface area contributed by atoms with Crippen molar-refractivity contribution >= 4 is 11.9 Å². The molecule has 0 heterocycles. The number of hydrogen-bond acceptors (Lipinski definition) is 5. The molecule has 2 atom stereocenters. The van der Waals surface area contributed by atoms with E-state index in [4.69, 9.17) is 4.74 Å². The van der Waals surface area contributed by atoms with Crippen LogP contribution in [0.15, 0.2) is 24.3 Å². The molecule has 0 aromatic rings. The number of aliphatic hydroxyl groups is 2. The maximum Gasteiger partial charge on any atom is 0.305 e. The largest absolute Gasteiger partial charge is 0.466 e. The van der Waals surface area contributed by atoms with Gasteiger partial charge in [0.25, 0.3) is 0 Å². The van der Waals surface area contributed by atoms with Crippen LogP contribution in [-0.2, 0) is 14.3 Å². The molecule has 0 aromatic heterocycles. The minimum Gasteiger partial charge on any atom is -0.466 e. The summed E-state index contributed by atoms with van der Waals surface area (Å²) >= 11 is 0. The van der Waals surface area contributed by atoms with Gasteiger partial charge in [0.15, 0.2) is 0 Å². The quantitative estimate of drug-likeness (QED) is 0.0320. The number of hydrogen-bond donors (Lipinski definition) is 3. The molecule has 0 fully saturated rings. The van der Waals surface area contributed by atoms with E-state index in [1.165, 1.54) is 315 Å². The van der Waals surface area contributed by atoms with E-state index in [0.717, 1.165) is 44.9 Å². The van der Waals surface area contributed by atoms with E-state index in [0.29, 0.717) is 25.9 Å². The van der Waals surface area contributed by atoms with Gasteiger partial charge < -0.3 is 20.3 Å². The van der Waals surface area contributed by atoms with Crippen LogP contribution in [0.5, 0.6) is 0 Å². The predicted octanol–water partition coefficient (Wildman–Crippen LogP) is 22.5. The van der Waals surface area contributed by atoms with Crippen LogP contribution >= 0.6 is 0 Å². The first kappa shape index (κ1) is 75.3. The molecule has 6 nitrogen and oxygen atoms in total. The third-order valence-electron chi connectivity index (χ3n) is 16.5. The van der Waals surface area contributed by atoms with Crippen molar-refractivity contribution in [2.24, 2.45) is 0 Å². The average molecular weight is 1080 g/mol. The monoisotopic (exact) mass is 1080 g/mol. The highest BCUT2D eigenvalue weighted by Gasteiger charge is 2.20. The normalized spacial score (nSPS) is 12.6. The summed E-state index contributed by atoms with van der Waals surface area (Å²) in [7, 11) is 0. The lowest BCUT2D eigenvalue weighted by Crippen LogP contribution is -2.45. The van der Waals surface area contributed by atoms with Crippen LogP contribution < -0.4 is 5.32 Å². The summed E-state index contributed by atoms with van der Waals surface area (Å²) in [5.41, 5.74) is 0. The number of ether oxygens (including phenoxy) is 1. The maximum absolute atomic E-state index is 12.5. The van der Waals surface area contributed by atoms with Gasteiger partial charge in [0.05, 0.1) is 25.4 Å². The Balaban J connectivity index is 3.41. The lowest BCUT2D eigenvalue weighted by atomic mass is 10.0. The van der Waals surface area contributed by atoms with Crippen LogP contribution in [0.4, 0.5) is 0 Å². The molecule has 0 aliphatic carbocycles. The molecule has 0 aliphatic heterocycles. The van der Waals surface area contributed by atoms with Gasteiger partial charge in [0, 0.05) is 12.8 Å². The van der Waals surface area contributed by atoms with Crippen LogP contribution in [0.2, 0.25) is 0 Å². The third-order valence-corrected chi connectivity index (χ3v) is 16.5. The van der Waals surface area contributed by atoms with Crippen molar-refractivity contribution in [3.63, 3.8) is 0 Å². The van der Waals surface area contributed by atoms with E-state index < -0.39 is 12.1 Å². The van der Waals surface area contributed by atoms with Gasteiger partial charge in [-0.25, -0.2) is 0 Å². The second-order valence-corrected chi connectivity index (χ2v) is 24.2. The predicted molar refractivity (Wildman–Crippen MR) is 338 cm³/mol. The fourth-order valence-corrected chi connectivity index (χ4v) is 11.1. The SMILES string of the molecule is CCCCCCCC/C=C\CCCCCCCC(=O)OCCCCCCCCCCCCCC/C=C\CCCCCCCCCC(=O)NC(CO)C(O)CCCCCCCCCCCCCCCCCCCCCCCC. The smallest absolute Gasteiger partial charge is 0.305 e. The highest BCUT2D eigenvalue weighted by atomic mass is 16.5. The Kier molecular flexibility index (Phi) is 65.4. The number of nitrogens with one attached hydrogen (secondary N) is 1. The van der Waals surface area contributed by atoms with Gasteiger partial charge in [-0.3, -0.25) is 9.59 Å². The Morgan fingerprint density at radius 1 is 0.351 bits per heavy atom. The molecular weight excluding hydrogens is 947 g/mol. The van der Waals surface area contributed by atoms with Crippen molar-refractivity contribution in [3.05, 3.63) is 24.3 Å². The molecule has 3 N–H and O–H groups in total. The number of rotatable bonds is 66. The Morgan fingerprint density at radius 3 is 0.922 bits per heavy atom. The Hall–Kier alpha value is -1.66. The topological polar surface area (TPSA) is 95.9 Å². The lowest BCUT2D eigenvalue weighted by molar-refractivity contribution is -0.143. The van der Waals surface area contributed by atoms with E-state index in [2.05, 4.69) is 43.5 Å². The van der Waals surface area contributed by atoms with Crippen LogP contribution in [0.1, 0.15) is 393 Å². The number of carbonyl (C=O) groups excluding carboxylic acids is 2. The van der Waals surface area contributed by atoms with Crippen molar-refractivity contribution in [2.45, 2.75) is 405 Å². The first-order chi connectivity index (χ1) is 38.0. The zero-order valence-corrected chi connectivity index (χ0v) is 52.2. The Bertz CT molecular complexity index is 1200. The average Bonchev–Trinajstić information content (AvgIpc) is 3.43. The Labute approximate surface area is 481 Å². The number of amides is 1. The summed E-state index contributed by atoms with van der Waals surface area (Å²) in [6.07, 6.45) is 83.6.